The first-order chi connectivity index (χ1) is 13.2. The zero-order valence-corrected chi connectivity index (χ0v) is 16.7. The van der Waals surface area contributed by atoms with Gasteiger partial charge in [0.05, 0.1) is 12.2 Å². The number of nitrogens with one attached hydrogen (secondary N) is 2. The predicted molar refractivity (Wildman–Crippen MR) is 113 cm³/mol. The monoisotopic (exact) mass is 365 g/mol. The molecule has 2 N–H and O–H groups in total. The van der Waals surface area contributed by atoms with Gasteiger partial charge < -0.3 is 15.5 Å². The van der Waals surface area contributed by atoms with Crippen LogP contribution in [0.15, 0.2) is 47.6 Å². The first-order valence-electron chi connectivity index (χ1n) is 9.92. The molecular weight excluding hydrogens is 334 g/mol. The van der Waals surface area contributed by atoms with Crippen molar-refractivity contribution in [2.75, 3.05) is 24.5 Å². The zero-order chi connectivity index (χ0) is 19.1. The van der Waals surface area contributed by atoms with E-state index in [2.05, 4.69) is 71.6 Å². The van der Waals surface area contributed by atoms with Gasteiger partial charge in [-0.15, -0.1) is 0 Å². The normalized spacial score (nSPS) is 17.7. The standard InChI is InChI=1S/C22H31N5/c1-4-23-22(25-15-21-18(3)7-5-13-24-21)26-19-8-6-14-27(16-19)20-11-9-17(2)10-12-20/h5,7,9-13,19H,4,6,8,14-16H2,1-3H3,(H2,23,25,26). The first kappa shape index (κ1) is 19.2. The van der Waals surface area contributed by atoms with Gasteiger partial charge in [-0.25, -0.2) is 4.99 Å². The lowest BCUT2D eigenvalue weighted by Crippen LogP contribution is -2.51. The van der Waals surface area contributed by atoms with Crippen molar-refractivity contribution in [3.8, 4) is 0 Å². The van der Waals surface area contributed by atoms with Crippen LogP contribution in [0.25, 0.3) is 0 Å². The van der Waals surface area contributed by atoms with Gasteiger partial charge in [0, 0.05) is 37.6 Å². The molecule has 0 amide bonds. The molecule has 1 aliphatic rings. The third-order valence-electron chi connectivity index (χ3n) is 5.01. The van der Waals surface area contributed by atoms with Gasteiger partial charge in [-0.2, -0.15) is 0 Å². The Bertz CT molecular complexity index is 754. The molecule has 2 heterocycles. The summed E-state index contributed by atoms with van der Waals surface area (Å²) in [5.41, 5.74) is 4.81. The molecule has 0 aliphatic carbocycles. The molecule has 1 unspecified atom stereocenters. The van der Waals surface area contributed by atoms with E-state index < -0.39 is 0 Å². The van der Waals surface area contributed by atoms with Crippen LogP contribution in [0.3, 0.4) is 0 Å². The Morgan fingerprint density at radius 2 is 2.04 bits per heavy atom. The van der Waals surface area contributed by atoms with Crippen LogP contribution in [0.5, 0.6) is 0 Å². The van der Waals surface area contributed by atoms with E-state index in [1.165, 1.54) is 23.2 Å². The molecule has 1 atom stereocenters. The van der Waals surface area contributed by atoms with Crippen LogP contribution in [-0.4, -0.2) is 36.6 Å². The van der Waals surface area contributed by atoms with Crippen molar-refractivity contribution in [1.29, 1.82) is 0 Å². The molecule has 5 nitrogen and oxygen atoms in total. The second kappa shape index (κ2) is 9.40. The summed E-state index contributed by atoms with van der Waals surface area (Å²) < 4.78 is 0. The summed E-state index contributed by atoms with van der Waals surface area (Å²) in [6.07, 6.45) is 4.18. The maximum atomic E-state index is 4.76. The largest absolute Gasteiger partial charge is 0.369 e. The van der Waals surface area contributed by atoms with Crippen LogP contribution in [-0.2, 0) is 6.54 Å². The summed E-state index contributed by atoms with van der Waals surface area (Å²) in [4.78, 5) is 11.7. The third-order valence-corrected chi connectivity index (χ3v) is 5.01. The van der Waals surface area contributed by atoms with Gasteiger partial charge >= 0.3 is 0 Å². The van der Waals surface area contributed by atoms with Gasteiger partial charge in [-0.3, -0.25) is 4.98 Å². The van der Waals surface area contributed by atoms with Gasteiger partial charge in [-0.05, 0) is 57.4 Å². The number of nitrogens with zero attached hydrogens (tertiary/aromatic N) is 3. The van der Waals surface area contributed by atoms with Crippen molar-refractivity contribution in [3.63, 3.8) is 0 Å². The third kappa shape index (κ3) is 5.46. The van der Waals surface area contributed by atoms with Gasteiger partial charge in [-0.1, -0.05) is 23.8 Å². The number of piperidine rings is 1. The van der Waals surface area contributed by atoms with Gasteiger partial charge in [0.2, 0.25) is 0 Å². The molecule has 1 aromatic heterocycles. The number of benzene rings is 1. The number of anilines is 1. The molecule has 144 valence electrons. The maximum absolute atomic E-state index is 4.76. The smallest absolute Gasteiger partial charge is 0.191 e. The van der Waals surface area contributed by atoms with Crippen molar-refractivity contribution in [3.05, 3.63) is 59.4 Å². The summed E-state index contributed by atoms with van der Waals surface area (Å²) in [6, 6.07) is 13.3. The number of guanidine groups is 1. The van der Waals surface area contributed by atoms with E-state index in [0.717, 1.165) is 37.7 Å². The molecule has 2 aromatic rings. The Kier molecular flexibility index (Phi) is 6.69. The van der Waals surface area contributed by atoms with Crippen LogP contribution >= 0.6 is 0 Å². The van der Waals surface area contributed by atoms with E-state index in [1.807, 2.05) is 12.3 Å². The number of pyridine rings is 1. The van der Waals surface area contributed by atoms with Crippen LogP contribution in [0.2, 0.25) is 0 Å². The number of hydrogen-bond acceptors (Lipinski definition) is 3. The summed E-state index contributed by atoms with van der Waals surface area (Å²) in [5.74, 6) is 0.873. The molecule has 1 fully saturated rings. The number of aliphatic imine (C=N–C) groups is 1. The summed E-state index contributed by atoms with van der Waals surface area (Å²) >= 11 is 0. The molecule has 1 saturated heterocycles. The minimum atomic E-state index is 0.391. The second-order valence-corrected chi connectivity index (χ2v) is 7.23. The van der Waals surface area contributed by atoms with Crippen LogP contribution in [0.4, 0.5) is 5.69 Å². The highest BCUT2D eigenvalue weighted by Gasteiger charge is 2.21. The Labute approximate surface area is 162 Å². The fourth-order valence-electron chi connectivity index (χ4n) is 3.44. The van der Waals surface area contributed by atoms with Crippen LogP contribution in [0.1, 0.15) is 36.6 Å². The molecule has 3 rings (SSSR count). The molecule has 1 aromatic carbocycles. The molecule has 5 heteroatoms. The van der Waals surface area contributed by atoms with Crippen molar-refractivity contribution in [2.24, 2.45) is 4.99 Å². The SMILES string of the molecule is CCNC(=NCc1ncccc1C)NC1CCCN(c2ccc(C)cc2)C1. The van der Waals surface area contributed by atoms with E-state index >= 15 is 0 Å². The fourth-order valence-corrected chi connectivity index (χ4v) is 3.44. The van der Waals surface area contributed by atoms with Gasteiger partial charge in [0.1, 0.15) is 0 Å². The summed E-state index contributed by atoms with van der Waals surface area (Å²) in [5, 5.41) is 7.00. The first-order valence-corrected chi connectivity index (χ1v) is 9.92. The van der Waals surface area contributed by atoms with Crippen molar-refractivity contribution in [2.45, 2.75) is 46.2 Å². The maximum Gasteiger partial charge on any atom is 0.191 e. The highest BCUT2D eigenvalue weighted by Crippen LogP contribution is 2.20. The summed E-state index contributed by atoms with van der Waals surface area (Å²) in [7, 11) is 0. The van der Waals surface area contributed by atoms with E-state index in [-0.39, 0.29) is 0 Å². The number of aromatic nitrogens is 1. The topological polar surface area (TPSA) is 52.6 Å². The van der Waals surface area contributed by atoms with Gasteiger partial charge in [0.25, 0.3) is 0 Å². The highest BCUT2D eigenvalue weighted by atomic mass is 15.2. The minimum Gasteiger partial charge on any atom is -0.369 e. The van der Waals surface area contributed by atoms with Crippen molar-refractivity contribution < 1.29 is 0 Å². The highest BCUT2D eigenvalue weighted by molar-refractivity contribution is 5.80. The van der Waals surface area contributed by atoms with E-state index in [1.54, 1.807) is 0 Å². The minimum absolute atomic E-state index is 0.391. The molecule has 1 aliphatic heterocycles. The van der Waals surface area contributed by atoms with Gasteiger partial charge in [0.15, 0.2) is 5.96 Å². The fraction of sp³-hybridized carbons (Fsp3) is 0.455. The Balaban J connectivity index is 1.64. The van der Waals surface area contributed by atoms with E-state index in [0.29, 0.717) is 12.6 Å². The number of rotatable bonds is 5. The average Bonchev–Trinajstić information content (AvgIpc) is 2.68. The second-order valence-electron chi connectivity index (χ2n) is 7.23. The van der Waals surface area contributed by atoms with E-state index in [9.17, 15) is 0 Å². The van der Waals surface area contributed by atoms with Crippen LogP contribution < -0.4 is 15.5 Å². The Morgan fingerprint density at radius 3 is 2.78 bits per heavy atom. The van der Waals surface area contributed by atoms with E-state index in [4.69, 9.17) is 4.99 Å². The predicted octanol–water partition coefficient (Wildman–Crippen LogP) is 3.42. The quantitative estimate of drug-likeness (QED) is 0.630. The lowest BCUT2D eigenvalue weighted by Gasteiger charge is -2.35. The number of hydrogen-bond donors (Lipinski definition) is 2. The Morgan fingerprint density at radius 1 is 1.22 bits per heavy atom. The summed E-state index contributed by atoms with van der Waals surface area (Å²) in [6.45, 7) is 9.87. The number of aryl methyl sites for hydroxylation is 2. The van der Waals surface area contributed by atoms with Crippen molar-refractivity contribution >= 4 is 11.6 Å². The molecule has 0 saturated carbocycles. The lowest BCUT2D eigenvalue weighted by atomic mass is 10.0. The molecule has 0 spiro atoms. The molecule has 27 heavy (non-hydrogen) atoms. The van der Waals surface area contributed by atoms with Crippen molar-refractivity contribution in [1.82, 2.24) is 15.6 Å². The van der Waals surface area contributed by atoms with Crippen LogP contribution in [0, 0.1) is 13.8 Å². The average molecular weight is 366 g/mol. The zero-order valence-electron chi connectivity index (χ0n) is 16.7. The molecule has 0 bridgehead atoms. The molecule has 0 radical (unpaired) electrons. The molecular formula is C22H31N5. The Hall–Kier alpha value is -2.56. The lowest BCUT2D eigenvalue weighted by molar-refractivity contribution is 0.468.